The summed E-state index contributed by atoms with van der Waals surface area (Å²) < 4.78 is 5.67. The Kier molecular flexibility index (Phi) is 5.67. The van der Waals surface area contributed by atoms with E-state index >= 15 is 0 Å². The lowest BCUT2D eigenvalue weighted by Gasteiger charge is -2.38. The molecular weight excluding hydrogens is 366 g/mol. The van der Waals surface area contributed by atoms with Gasteiger partial charge < -0.3 is 25.2 Å². The summed E-state index contributed by atoms with van der Waals surface area (Å²) in [5.74, 6) is -1.95. The number of carboxylic acids is 1. The highest BCUT2D eigenvalue weighted by molar-refractivity contribution is 5.92. The summed E-state index contributed by atoms with van der Waals surface area (Å²) in [6, 6.07) is 4.08. The Morgan fingerprint density at radius 2 is 2.07 bits per heavy atom. The molecular formula is C18H19N5O5. The standard InChI is InChI=1S/C18H19N5O5/c1-10-7-23(8-14(28-10)17(25)22-12(9-24)18(26)27)13-3-2-11(6-19)15-16(13)21-5-4-20-15/h2-5,10,12,14,24H,7-9H2,1H3,(H,22,25)(H,26,27)/t10-,12?,14-/m1/s1. The zero-order valence-corrected chi connectivity index (χ0v) is 15.1. The van der Waals surface area contributed by atoms with E-state index in [1.54, 1.807) is 19.1 Å². The Bertz CT molecular complexity index is 944. The number of hydrogen-bond acceptors (Lipinski definition) is 8. The van der Waals surface area contributed by atoms with Crippen LogP contribution in [0.25, 0.3) is 11.0 Å². The SMILES string of the molecule is C[C@@H]1CN(c2ccc(C#N)c3nccnc23)C[C@H](C(=O)NC(CO)C(=O)O)O1. The minimum atomic E-state index is -1.40. The molecule has 1 aliphatic heterocycles. The van der Waals surface area contributed by atoms with Crippen LogP contribution >= 0.6 is 0 Å². The normalized spacial score (nSPS) is 20.4. The van der Waals surface area contributed by atoms with Crippen molar-refractivity contribution in [2.75, 3.05) is 24.6 Å². The van der Waals surface area contributed by atoms with E-state index in [0.717, 1.165) is 0 Å². The van der Waals surface area contributed by atoms with E-state index in [1.807, 2.05) is 4.90 Å². The van der Waals surface area contributed by atoms with Crippen molar-refractivity contribution in [1.82, 2.24) is 15.3 Å². The van der Waals surface area contributed by atoms with Gasteiger partial charge in [-0.3, -0.25) is 14.8 Å². The molecule has 1 amide bonds. The fourth-order valence-corrected chi connectivity index (χ4v) is 3.13. The van der Waals surface area contributed by atoms with E-state index in [4.69, 9.17) is 14.9 Å². The zero-order chi connectivity index (χ0) is 20.3. The van der Waals surface area contributed by atoms with Crippen molar-refractivity contribution in [3.05, 3.63) is 30.1 Å². The minimum Gasteiger partial charge on any atom is -0.480 e. The second-order valence-corrected chi connectivity index (χ2v) is 6.42. The summed E-state index contributed by atoms with van der Waals surface area (Å²) in [6.07, 6.45) is 1.79. The molecule has 3 N–H and O–H groups in total. The summed E-state index contributed by atoms with van der Waals surface area (Å²) in [6.45, 7) is 1.71. The number of nitriles is 1. The Hall–Kier alpha value is -3.29. The van der Waals surface area contributed by atoms with E-state index in [-0.39, 0.29) is 12.6 Å². The first-order valence-electron chi connectivity index (χ1n) is 8.62. The van der Waals surface area contributed by atoms with Crippen molar-refractivity contribution in [2.24, 2.45) is 0 Å². The molecule has 3 rings (SSSR count). The summed E-state index contributed by atoms with van der Waals surface area (Å²) in [5, 5.41) is 29.7. The number of morpholine rings is 1. The lowest BCUT2D eigenvalue weighted by Crippen LogP contribution is -2.56. The number of fused-ring (bicyclic) bond motifs is 1. The van der Waals surface area contributed by atoms with Crippen LogP contribution in [0.2, 0.25) is 0 Å². The molecule has 1 aliphatic rings. The molecule has 2 heterocycles. The van der Waals surface area contributed by atoms with Crippen LogP contribution in [0.3, 0.4) is 0 Å². The number of carbonyl (C=O) groups excluding carboxylic acids is 1. The number of aromatic nitrogens is 2. The molecule has 1 fully saturated rings. The number of rotatable bonds is 5. The van der Waals surface area contributed by atoms with Gasteiger partial charge in [0.15, 0.2) is 6.10 Å². The van der Waals surface area contributed by atoms with Gasteiger partial charge in [0.25, 0.3) is 5.91 Å². The second-order valence-electron chi connectivity index (χ2n) is 6.42. The molecule has 0 bridgehead atoms. The highest BCUT2D eigenvalue weighted by Crippen LogP contribution is 2.28. The number of nitrogens with zero attached hydrogens (tertiary/aromatic N) is 4. The third-order valence-electron chi connectivity index (χ3n) is 4.41. The average Bonchev–Trinajstić information content (AvgIpc) is 2.70. The van der Waals surface area contributed by atoms with Crippen LogP contribution in [-0.2, 0) is 14.3 Å². The van der Waals surface area contributed by atoms with Crippen LogP contribution in [0.15, 0.2) is 24.5 Å². The molecule has 1 unspecified atom stereocenters. The molecule has 1 aromatic heterocycles. The van der Waals surface area contributed by atoms with Gasteiger partial charge in [-0.2, -0.15) is 5.26 Å². The average molecular weight is 385 g/mol. The molecule has 1 saturated heterocycles. The van der Waals surface area contributed by atoms with Crippen molar-refractivity contribution >= 4 is 28.6 Å². The predicted molar refractivity (Wildman–Crippen MR) is 97.5 cm³/mol. The molecule has 0 saturated carbocycles. The van der Waals surface area contributed by atoms with E-state index in [2.05, 4.69) is 21.4 Å². The van der Waals surface area contributed by atoms with Gasteiger partial charge in [0.05, 0.1) is 30.5 Å². The third-order valence-corrected chi connectivity index (χ3v) is 4.41. The van der Waals surface area contributed by atoms with Gasteiger partial charge >= 0.3 is 5.97 Å². The van der Waals surface area contributed by atoms with Gasteiger partial charge in [-0.25, -0.2) is 4.79 Å². The third kappa shape index (κ3) is 3.85. The molecule has 146 valence electrons. The van der Waals surface area contributed by atoms with Crippen molar-refractivity contribution < 1.29 is 24.5 Å². The van der Waals surface area contributed by atoms with Gasteiger partial charge in [0, 0.05) is 18.9 Å². The number of carbonyl (C=O) groups is 2. The van der Waals surface area contributed by atoms with Gasteiger partial charge in [-0.05, 0) is 19.1 Å². The highest BCUT2D eigenvalue weighted by Gasteiger charge is 2.33. The number of hydrogen-bond donors (Lipinski definition) is 3. The number of anilines is 1. The Balaban J connectivity index is 1.88. The Labute approximate surface area is 160 Å². The Morgan fingerprint density at radius 1 is 1.36 bits per heavy atom. The number of nitrogens with one attached hydrogen (secondary N) is 1. The fraction of sp³-hybridized carbons (Fsp3) is 0.389. The van der Waals surface area contributed by atoms with Gasteiger partial charge in [0.1, 0.15) is 23.1 Å². The van der Waals surface area contributed by atoms with E-state index in [1.165, 1.54) is 12.4 Å². The molecule has 1 aromatic carbocycles. The first-order chi connectivity index (χ1) is 13.4. The van der Waals surface area contributed by atoms with Crippen molar-refractivity contribution in [3.63, 3.8) is 0 Å². The number of benzene rings is 1. The van der Waals surface area contributed by atoms with Crippen LogP contribution in [-0.4, -0.2) is 70.0 Å². The van der Waals surface area contributed by atoms with Crippen LogP contribution in [0.5, 0.6) is 0 Å². The molecule has 0 spiro atoms. The van der Waals surface area contributed by atoms with E-state index in [0.29, 0.717) is 28.8 Å². The highest BCUT2D eigenvalue weighted by atomic mass is 16.5. The number of aliphatic hydroxyl groups is 1. The lowest BCUT2D eigenvalue weighted by atomic mass is 10.1. The largest absolute Gasteiger partial charge is 0.480 e. The molecule has 2 aromatic rings. The topological polar surface area (TPSA) is 149 Å². The van der Waals surface area contributed by atoms with Crippen LogP contribution < -0.4 is 10.2 Å². The second kappa shape index (κ2) is 8.16. The quantitative estimate of drug-likeness (QED) is 0.628. The number of aliphatic hydroxyl groups excluding tert-OH is 1. The Morgan fingerprint density at radius 3 is 2.71 bits per heavy atom. The monoisotopic (exact) mass is 385 g/mol. The van der Waals surface area contributed by atoms with E-state index < -0.39 is 30.6 Å². The van der Waals surface area contributed by atoms with Crippen molar-refractivity contribution in [1.29, 1.82) is 5.26 Å². The number of aliphatic carboxylic acids is 1. The lowest BCUT2D eigenvalue weighted by molar-refractivity contribution is -0.147. The number of carboxylic acid groups (broad SMARTS) is 1. The zero-order valence-electron chi connectivity index (χ0n) is 15.1. The smallest absolute Gasteiger partial charge is 0.328 e. The molecule has 10 heteroatoms. The van der Waals surface area contributed by atoms with Crippen molar-refractivity contribution in [3.8, 4) is 6.07 Å². The minimum absolute atomic E-state index is 0.158. The van der Waals surface area contributed by atoms with Gasteiger partial charge in [-0.1, -0.05) is 0 Å². The van der Waals surface area contributed by atoms with Gasteiger partial charge in [0.2, 0.25) is 0 Å². The number of ether oxygens (including phenoxy) is 1. The molecule has 10 nitrogen and oxygen atoms in total. The summed E-state index contributed by atoms with van der Waals surface area (Å²) in [5.41, 5.74) is 2.10. The maximum atomic E-state index is 12.5. The van der Waals surface area contributed by atoms with E-state index in [9.17, 15) is 14.9 Å². The maximum Gasteiger partial charge on any atom is 0.328 e. The molecule has 0 aliphatic carbocycles. The van der Waals surface area contributed by atoms with Crippen LogP contribution in [0, 0.1) is 11.3 Å². The summed E-state index contributed by atoms with van der Waals surface area (Å²) >= 11 is 0. The molecule has 0 radical (unpaired) electrons. The van der Waals surface area contributed by atoms with Gasteiger partial charge in [-0.15, -0.1) is 0 Å². The summed E-state index contributed by atoms with van der Waals surface area (Å²) in [4.78, 5) is 34.0. The summed E-state index contributed by atoms with van der Waals surface area (Å²) in [7, 11) is 0. The predicted octanol–water partition coefficient (Wildman–Crippen LogP) is -0.343. The fourth-order valence-electron chi connectivity index (χ4n) is 3.13. The first-order valence-corrected chi connectivity index (χ1v) is 8.62. The van der Waals surface area contributed by atoms with Crippen molar-refractivity contribution in [2.45, 2.75) is 25.2 Å². The maximum absolute atomic E-state index is 12.5. The van der Waals surface area contributed by atoms with Crippen LogP contribution in [0.1, 0.15) is 12.5 Å². The number of amides is 1. The van der Waals surface area contributed by atoms with Crippen LogP contribution in [0.4, 0.5) is 5.69 Å². The first kappa shape index (κ1) is 19.5. The molecule has 3 atom stereocenters. The molecule has 28 heavy (non-hydrogen) atoms.